The molecule has 1 heterocycles. The summed E-state index contributed by atoms with van der Waals surface area (Å²) in [6, 6.07) is 8.63. The van der Waals surface area contributed by atoms with Crippen LogP contribution < -0.4 is 5.56 Å². The number of aromatic nitrogens is 1. The van der Waals surface area contributed by atoms with Gasteiger partial charge < -0.3 is 5.11 Å². The number of rotatable bonds is 4. The average Bonchev–Trinajstić information content (AvgIpc) is 2.37. The van der Waals surface area contributed by atoms with Crippen LogP contribution in [0.4, 0.5) is 0 Å². The number of nitrogens with zero attached hydrogens (tertiary/aromatic N) is 1. The quantitative estimate of drug-likeness (QED) is 0.831. The number of pyridine rings is 1. The van der Waals surface area contributed by atoms with Crippen molar-refractivity contribution in [3.63, 3.8) is 0 Å². The van der Waals surface area contributed by atoms with Crippen LogP contribution in [0.2, 0.25) is 0 Å². The van der Waals surface area contributed by atoms with Crippen LogP contribution in [-0.2, 0) is 23.1 Å². The van der Waals surface area contributed by atoms with E-state index < -0.39 is 10.1 Å². The fraction of sp³-hybridized carbons (Fsp3) is 0.214. The molecule has 0 aliphatic carbocycles. The Morgan fingerprint density at radius 2 is 1.76 bits per heavy atom. The molecule has 0 aliphatic rings. The van der Waals surface area contributed by atoms with Crippen LogP contribution in [0.15, 0.2) is 46.1 Å². The summed E-state index contributed by atoms with van der Waals surface area (Å²) in [5.41, 5.74) is 1.18. The molecule has 6 nitrogen and oxygen atoms in total. The Morgan fingerprint density at radius 1 is 1.14 bits per heavy atom. The van der Waals surface area contributed by atoms with Crippen molar-refractivity contribution < 1.29 is 18.1 Å². The van der Waals surface area contributed by atoms with E-state index in [9.17, 15) is 18.3 Å². The first-order chi connectivity index (χ1) is 9.77. The fourth-order valence-electron chi connectivity index (χ4n) is 2.00. The van der Waals surface area contributed by atoms with Gasteiger partial charge in [-0.05, 0) is 36.6 Å². The maximum atomic E-state index is 11.8. The van der Waals surface area contributed by atoms with Crippen LogP contribution in [0.25, 0.3) is 0 Å². The Hall–Kier alpha value is -2.12. The van der Waals surface area contributed by atoms with E-state index in [2.05, 4.69) is 0 Å². The normalized spacial score (nSPS) is 11.5. The lowest BCUT2D eigenvalue weighted by atomic mass is 10.1. The second-order valence-corrected chi connectivity index (χ2v) is 6.17. The first kappa shape index (κ1) is 15.3. The van der Waals surface area contributed by atoms with Gasteiger partial charge in [-0.1, -0.05) is 12.1 Å². The number of aryl methyl sites for hydroxylation is 2. The zero-order chi connectivity index (χ0) is 15.6. The van der Waals surface area contributed by atoms with Crippen LogP contribution in [0.5, 0.6) is 5.88 Å². The Labute approximate surface area is 122 Å². The van der Waals surface area contributed by atoms with E-state index in [1.807, 2.05) is 0 Å². The predicted molar refractivity (Wildman–Crippen MR) is 77.1 cm³/mol. The lowest BCUT2D eigenvalue weighted by Crippen LogP contribution is -2.20. The highest BCUT2D eigenvalue weighted by Crippen LogP contribution is 2.13. The predicted octanol–water partition coefficient (Wildman–Crippen LogP) is 1.35. The first-order valence-corrected chi connectivity index (χ1v) is 7.68. The molecule has 0 amide bonds. The molecular formula is C14H15NO5S. The molecule has 0 aliphatic heterocycles. The van der Waals surface area contributed by atoms with Crippen molar-refractivity contribution in [2.75, 3.05) is 0 Å². The zero-order valence-corrected chi connectivity index (χ0v) is 12.2. The Morgan fingerprint density at radius 3 is 2.29 bits per heavy atom. The van der Waals surface area contributed by atoms with Gasteiger partial charge in [0.05, 0.1) is 4.90 Å². The second kappa shape index (κ2) is 5.71. The maximum Gasteiger partial charge on any atom is 0.294 e. The third kappa shape index (κ3) is 3.71. The van der Waals surface area contributed by atoms with Crippen LogP contribution in [0.1, 0.15) is 11.1 Å². The summed E-state index contributed by atoms with van der Waals surface area (Å²) in [5, 5.41) is 9.75. The van der Waals surface area contributed by atoms with Crippen LogP contribution >= 0.6 is 0 Å². The highest BCUT2D eigenvalue weighted by Gasteiger charge is 2.09. The Bertz CT molecular complexity index is 806. The van der Waals surface area contributed by atoms with E-state index in [0.717, 1.165) is 5.56 Å². The van der Waals surface area contributed by atoms with Crippen LogP contribution in [-0.4, -0.2) is 22.6 Å². The summed E-state index contributed by atoms with van der Waals surface area (Å²) < 4.78 is 32.0. The fourth-order valence-corrected chi connectivity index (χ4v) is 2.48. The molecule has 21 heavy (non-hydrogen) atoms. The minimum absolute atomic E-state index is 0.102. The van der Waals surface area contributed by atoms with Gasteiger partial charge in [0.15, 0.2) is 5.88 Å². The van der Waals surface area contributed by atoms with Gasteiger partial charge in [0.2, 0.25) is 0 Å². The average molecular weight is 309 g/mol. The van der Waals surface area contributed by atoms with Crippen molar-refractivity contribution in [2.24, 2.45) is 0 Å². The topological polar surface area (TPSA) is 96.6 Å². The minimum Gasteiger partial charge on any atom is -0.494 e. The summed E-state index contributed by atoms with van der Waals surface area (Å²) in [6.45, 7) is 2.00. The van der Waals surface area contributed by atoms with Gasteiger partial charge in [0, 0.05) is 18.7 Å². The molecule has 0 fully saturated rings. The number of hydrogen-bond donors (Lipinski definition) is 2. The van der Waals surface area contributed by atoms with Gasteiger partial charge in [0.1, 0.15) is 0 Å². The molecule has 0 saturated carbocycles. The van der Waals surface area contributed by atoms with Crippen LogP contribution in [0.3, 0.4) is 0 Å². The number of benzene rings is 1. The number of hydrogen-bond acceptors (Lipinski definition) is 4. The first-order valence-electron chi connectivity index (χ1n) is 6.24. The molecule has 0 atom stereocenters. The molecule has 1 aromatic carbocycles. The molecule has 2 N–H and O–H groups in total. The van der Waals surface area contributed by atoms with Crippen molar-refractivity contribution in [2.45, 2.75) is 24.8 Å². The van der Waals surface area contributed by atoms with E-state index in [-0.39, 0.29) is 22.9 Å². The molecule has 0 bridgehead atoms. The highest BCUT2D eigenvalue weighted by atomic mass is 32.2. The molecule has 112 valence electrons. The van der Waals surface area contributed by atoms with Gasteiger partial charge in [-0.3, -0.25) is 13.9 Å². The van der Waals surface area contributed by atoms with Crippen molar-refractivity contribution in [3.8, 4) is 5.88 Å². The largest absolute Gasteiger partial charge is 0.494 e. The SMILES string of the molecule is Cc1cc(O)n(CCc2ccc(S(=O)(=O)O)cc2)c(=O)c1. The third-order valence-electron chi connectivity index (χ3n) is 3.10. The monoisotopic (exact) mass is 309 g/mol. The van der Waals surface area contributed by atoms with Crippen molar-refractivity contribution in [1.29, 1.82) is 0 Å². The molecule has 2 rings (SSSR count). The maximum absolute atomic E-state index is 11.8. The lowest BCUT2D eigenvalue weighted by molar-refractivity contribution is 0.405. The standard InChI is InChI=1S/C14H15NO5S/c1-10-8-13(16)15(14(17)9-10)7-6-11-2-4-12(5-3-11)21(18,19)20/h2-5,8-9,16H,6-7H2,1H3,(H,18,19,20). The van der Waals surface area contributed by atoms with E-state index in [0.29, 0.717) is 12.0 Å². The molecule has 2 aromatic rings. The van der Waals surface area contributed by atoms with E-state index >= 15 is 0 Å². The molecule has 0 saturated heterocycles. The number of aromatic hydroxyl groups is 1. The Balaban J connectivity index is 2.16. The molecule has 0 radical (unpaired) electrons. The summed E-state index contributed by atoms with van der Waals surface area (Å²) in [7, 11) is -4.20. The lowest BCUT2D eigenvalue weighted by Gasteiger charge is -2.09. The van der Waals surface area contributed by atoms with Crippen LogP contribution in [0, 0.1) is 6.92 Å². The third-order valence-corrected chi connectivity index (χ3v) is 3.96. The summed E-state index contributed by atoms with van der Waals surface area (Å²) in [6.07, 6.45) is 0.447. The van der Waals surface area contributed by atoms with Crippen molar-refractivity contribution in [3.05, 3.63) is 57.9 Å². The molecule has 0 unspecified atom stereocenters. The molecule has 7 heteroatoms. The minimum atomic E-state index is -4.20. The van der Waals surface area contributed by atoms with Gasteiger partial charge in [-0.15, -0.1) is 0 Å². The molecular weight excluding hydrogens is 294 g/mol. The summed E-state index contributed by atoms with van der Waals surface area (Å²) >= 11 is 0. The Kier molecular flexibility index (Phi) is 4.15. The van der Waals surface area contributed by atoms with Crippen molar-refractivity contribution >= 4 is 10.1 Å². The van der Waals surface area contributed by atoms with E-state index in [4.69, 9.17) is 4.55 Å². The smallest absolute Gasteiger partial charge is 0.294 e. The second-order valence-electron chi connectivity index (χ2n) is 4.75. The highest BCUT2D eigenvalue weighted by molar-refractivity contribution is 7.85. The zero-order valence-electron chi connectivity index (χ0n) is 11.4. The molecule has 0 spiro atoms. The summed E-state index contributed by atoms with van der Waals surface area (Å²) in [4.78, 5) is 11.6. The molecule has 1 aromatic heterocycles. The van der Waals surface area contributed by atoms with Gasteiger partial charge in [-0.25, -0.2) is 0 Å². The van der Waals surface area contributed by atoms with Gasteiger partial charge in [0.25, 0.3) is 15.7 Å². The summed E-state index contributed by atoms with van der Waals surface area (Å²) in [5.74, 6) is -0.102. The van der Waals surface area contributed by atoms with Gasteiger partial charge >= 0.3 is 0 Å². The van der Waals surface area contributed by atoms with Gasteiger partial charge in [-0.2, -0.15) is 8.42 Å². The van der Waals surface area contributed by atoms with Crippen molar-refractivity contribution in [1.82, 2.24) is 4.57 Å². The van der Waals surface area contributed by atoms with E-state index in [1.54, 1.807) is 19.1 Å². The van der Waals surface area contributed by atoms with E-state index in [1.165, 1.54) is 28.8 Å².